The summed E-state index contributed by atoms with van der Waals surface area (Å²) >= 11 is 0. The summed E-state index contributed by atoms with van der Waals surface area (Å²) < 4.78 is 0. The molecule has 0 saturated carbocycles. The molecule has 0 radical (unpaired) electrons. The van der Waals surface area contributed by atoms with Gasteiger partial charge in [0.15, 0.2) is 0 Å². The normalized spacial score (nSPS) is 17.0. The zero-order chi connectivity index (χ0) is 18.3. The number of hydrogen-bond acceptors (Lipinski definition) is 3. The van der Waals surface area contributed by atoms with Crippen molar-refractivity contribution in [2.75, 3.05) is 19.7 Å². The van der Waals surface area contributed by atoms with E-state index >= 15 is 0 Å². The topological polar surface area (TPSA) is 78.4 Å². The number of amides is 2. The third-order valence-corrected chi connectivity index (χ3v) is 4.77. The van der Waals surface area contributed by atoms with E-state index in [2.05, 4.69) is 38.3 Å². The van der Waals surface area contributed by atoms with Crippen LogP contribution in [-0.2, 0) is 9.59 Å². The molecular weight excluding hydrogens is 292 g/mol. The summed E-state index contributed by atoms with van der Waals surface area (Å²) in [6.07, 6.45) is 2.76. The van der Waals surface area contributed by atoms with Crippen LogP contribution in [0.5, 0.6) is 0 Å². The van der Waals surface area contributed by atoms with Crippen LogP contribution in [0.25, 0.3) is 0 Å². The minimum atomic E-state index is -0.480. The molecule has 0 aliphatic heterocycles. The Kier molecular flexibility index (Phi) is 8.25. The molecule has 3 N–H and O–H groups in total. The molecule has 0 aliphatic rings. The first-order valence-corrected chi connectivity index (χ1v) is 8.57. The average Bonchev–Trinajstić information content (AvgIpc) is 2.49. The molecular formula is C18H40N2O3. The van der Waals surface area contributed by atoms with Gasteiger partial charge in [-0.15, -0.1) is 0 Å². The van der Waals surface area contributed by atoms with Crippen molar-refractivity contribution in [2.45, 2.75) is 67.7 Å². The van der Waals surface area contributed by atoms with E-state index in [1.54, 1.807) is 0 Å². The maximum absolute atomic E-state index is 12.1. The minimum Gasteiger partial charge on any atom is -0.387 e. The van der Waals surface area contributed by atoms with E-state index in [1.165, 1.54) is 0 Å². The first-order valence-electron chi connectivity index (χ1n) is 8.57. The van der Waals surface area contributed by atoms with Crippen molar-refractivity contribution in [2.24, 2.45) is 16.2 Å². The number of rotatable bonds is 9. The second-order valence-corrected chi connectivity index (χ2v) is 8.37. The molecule has 2 atom stereocenters. The molecule has 23 heavy (non-hydrogen) atoms. The lowest BCUT2D eigenvalue weighted by atomic mass is 9.70. The monoisotopic (exact) mass is 332 g/mol. The highest BCUT2D eigenvalue weighted by molar-refractivity contribution is 5.81. The van der Waals surface area contributed by atoms with Gasteiger partial charge in [-0.05, 0) is 30.1 Å². The third kappa shape index (κ3) is 7.82. The number of carbonyl (C=O) groups is 2. The van der Waals surface area contributed by atoms with E-state index in [1.807, 2.05) is 20.8 Å². The van der Waals surface area contributed by atoms with Gasteiger partial charge in [0.05, 0.1) is 0 Å². The molecule has 0 aromatic carbocycles. The highest BCUT2D eigenvalue weighted by atomic mass is 16.3. The molecule has 0 heterocycles. The Morgan fingerprint density at radius 3 is 1.70 bits per heavy atom. The Morgan fingerprint density at radius 1 is 0.913 bits per heavy atom. The predicted molar refractivity (Wildman–Crippen MR) is 98.2 cm³/mol. The van der Waals surface area contributed by atoms with Gasteiger partial charge in [0, 0.05) is 21.4 Å². The summed E-state index contributed by atoms with van der Waals surface area (Å²) in [5.41, 5.74) is -0.491. The third-order valence-electron chi connectivity index (χ3n) is 4.77. The lowest BCUT2D eigenvalue weighted by Crippen LogP contribution is -2.45. The van der Waals surface area contributed by atoms with Crippen LogP contribution in [0, 0.1) is 16.2 Å². The maximum Gasteiger partial charge on any atom is 0.245 e. The quantitative estimate of drug-likeness (QED) is 0.607. The SMILES string of the molecule is CCC(C)(CNC(=O)CO)CC(C)(CC)CNC(=O)C(C)(C)C.[HH].[HH]. The van der Waals surface area contributed by atoms with Crippen molar-refractivity contribution in [3.8, 4) is 0 Å². The van der Waals surface area contributed by atoms with Crippen LogP contribution in [0.15, 0.2) is 0 Å². The smallest absolute Gasteiger partial charge is 0.245 e. The first-order chi connectivity index (χ1) is 10.4. The number of aliphatic hydroxyl groups is 1. The molecule has 0 spiro atoms. The molecule has 0 saturated heterocycles. The van der Waals surface area contributed by atoms with Crippen LogP contribution in [0.2, 0.25) is 0 Å². The van der Waals surface area contributed by atoms with Crippen molar-refractivity contribution in [3.63, 3.8) is 0 Å². The maximum atomic E-state index is 12.1. The van der Waals surface area contributed by atoms with Crippen LogP contribution in [0.3, 0.4) is 0 Å². The molecule has 2 unspecified atom stereocenters. The first kappa shape index (κ1) is 21.9. The van der Waals surface area contributed by atoms with Crippen molar-refractivity contribution in [1.82, 2.24) is 10.6 Å². The highest BCUT2D eigenvalue weighted by Gasteiger charge is 2.34. The highest BCUT2D eigenvalue weighted by Crippen LogP contribution is 2.38. The van der Waals surface area contributed by atoms with Crippen LogP contribution in [0.4, 0.5) is 0 Å². The van der Waals surface area contributed by atoms with E-state index < -0.39 is 12.0 Å². The second kappa shape index (κ2) is 8.67. The van der Waals surface area contributed by atoms with E-state index in [9.17, 15) is 9.59 Å². The second-order valence-electron chi connectivity index (χ2n) is 8.37. The van der Waals surface area contributed by atoms with Gasteiger partial charge >= 0.3 is 0 Å². The molecule has 0 aliphatic carbocycles. The summed E-state index contributed by atoms with van der Waals surface area (Å²) in [6.45, 7) is 15.0. The molecule has 5 nitrogen and oxygen atoms in total. The summed E-state index contributed by atoms with van der Waals surface area (Å²) in [7, 11) is 0. The van der Waals surface area contributed by atoms with Gasteiger partial charge in [-0.1, -0.05) is 48.5 Å². The van der Waals surface area contributed by atoms with Gasteiger partial charge in [-0.3, -0.25) is 9.59 Å². The van der Waals surface area contributed by atoms with Crippen molar-refractivity contribution in [3.05, 3.63) is 0 Å². The Labute approximate surface area is 144 Å². The van der Waals surface area contributed by atoms with Crippen LogP contribution >= 0.6 is 0 Å². The fraction of sp³-hybridized carbons (Fsp3) is 0.889. The van der Waals surface area contributed by atoms with Crippen LogP contribution < -0.4 is 10.6 Å². The fourth-order valence-corrected chi connectivity index (χ4v) is 2.58. The van der Waals surface area contributed by atoms with Gasteiger partial charge in [-0.25, -0.2) is 0 Å². The summed E-state index contributed by atoms with van der Waals surface area (Å²) in [5.74, 6) is -0.284. The number of hydrogen-bond donors (Lipinski definition) is 3. The molecule has 0 rings (SSSR count). The number of nitrogens with one attached hydrogen (secondary N) is 2. The van der Waals surface area contributed by atoms with Crippen molar-refractivity contribution < 1.29 is 17.5 Å². The Hall–Kier alpha value is -1.10. The zero-order valence-corrected chi connectivity index (χ0v) is 16.0. The van der Waals surface area contributed by atoms with Crippen molar-refractivity contribution in [1.29, 1.82) is 0 Å². The predicted octanol–water partition coefficient (Wildman–Crippen LogP) is 2.97. The van der Waals surface area contributed by atoms with E-state index in [-0.39, 0.29) is 25.5 Å². The fourth-order valence-electron chi connectivity index (χ4n) is 2.58. The Balaban J connectivity index is -0.00000242. The summed E-state index contributed by atoms with van der Waals surface area (Å²) in [4.78, 5) is 23.4. The molecule has 5 heteroatoms. The summed E-state index contributed by atoms with van der Waals surface area (Å²) in [5, 5.41) is 14.7. The van der Waals surface area contributed by atoms with Gasteiger partial charge < -0.3 is 15.7 Å². The van der Waals surface area contributed by atoms with Gasteiger partial charge in [0.2, 0.25) is 11.8 Å². The van der Waals surface area contributed by atoms with Crippen molar-refractivity contribution >= 4 is 11.8 Å². The Morgan fingerprint density at radius 2 is 1.35 bits per heavy atom. The van der Waals surface area contributed by atoms with Crippen LogP contribution in [-0.4, -0.2) is 36.6 Å². The van der Waals surface area contributed by atoms with Gasteiger partial charge in [0.25, 0.3) is 0 Å². The molecule has 0 aromatic heterocycles. The zero-order valence-electron chi connectivity index (χ0n) is 16.0. The molecule has 2 amide bonds. The number of carbonyl (C=O) groups excluding carboxylic acids is 2. The van der Waals surface area contributed by atoms with E-state index in [4.69, 9.17) is 5.11 Å². The van der Waals surface area contributed by atoms with Gasteiger partial charge in [0.1, 0.15) is 6.61 Å². The largest absolute Gasteiger partial charge is 0.387 e. The lowest BCUT2D eigenvalue weighted by molar-refractivity contribution is -0.129. The standard InChI is InChI=1S/C18H36N2O3.2H2/c1-8-17(6,12-19-14(22)10-21)11-18(7,9-2)13-20-15(23)16(3,4)5;;/h21H,8-13H2,1-7H3,(H,19,22)(H,20,23);2*1H. The Bertz CT molecular complexity index is 414. The number of aliphatic hydroxyl groups excluding tert-OH is 1. The molecule has 0 aromatic rings. The average molecular weight is 333 g/mol. The van der Waals surface area contributed by atoms with E-state index in [0.717, 1.165) is 19.3 Å². The summed E-state index contributed by atoms with van der Waals surface area (Å²) in [6, 6.07) is 0. The molecule has 0 bridgehead atoms. The molecule has 140 valence electrons. The minimum absolute atomic E-state index is 0. The molecule has 0 fully saturated rings. The lowest BCUT2D eigenvalue weighted by Gasteiger charge is -2.39. The van der Waals surface area contributed by atoms with Crippen LogP contribution in [0.1, 0.15) is 70.6 Å². The van der Waals surface area contributed by atoms with E-state index in [0.29, 0.717) is 13.1 Å². The van der Waals surface area contributed by atoms with Gasteiger partial charge in [-0.2, -0.15) is 0 Å².